The molecule has 1 aromatic heterocycles. The minimum absolute atomic E-state index is 0.00344. The first kappa shape index (κ1) is 24.6. The number of anilines is 1. The van der Waals surface area contributed by atoms with E-state index in [2.05, 4.69) is 10.2 Å². The standard InChI is InChI=1S/C29H27ClN4O4/c30-22-11-9-19(10-12-22)14-29(26(36)31-28(38)34(27(29)37)23-5-2-1-3-6-23)18-32-15-20-13-21(17-32)24-7-4-8-25(35)33(24)16-20/h1-12,20-21H,13-18H2,(H,31,36,38). The molecule has 0 radical (unpaired) electrons. The van der Waals surface area contributed by atoms with Crippen LogP contribution in [0, 0.1) is 11.3 Å². The molecule has 194 valence electrons. The zero-order chi connectivity index (χ0) is 26.4. The number of aromatic nitrogens is 1. The van der Waals surface area contributed by atoms with Gasteiger partial charge in [0, 0.05) is 48.9 Å². The summed E-state index contributed by atoms with van der Waals surface area (Å²) in [6, 6.07) is 20.4. The van der Waals surface area contributed by atoms with Crippen molar-refractivity contribution in [1.82, 2.24) is 14.8 Å². The SMILES string of the molecule is O=C1NC(=O)C(Cc2ccc(Cl)cc2)(CN2CC3CC(C2)c2cccc(=O)n2C3)C(=O)N1c1ccccc1. The first-order chi connectivity index (χ1) is 18.3. The molecule has 2 aromatic carbocycles. The van der Waals surface area contributed by atoms with Crippen LogP contribution in [0.5, 0.6) is 0 Å². The van der Waals surface area contributed by atoms with Gasteiger partial charge in [-0.2, -0.15) is 0 Å². The molecule has 2 bridgehead atoms. The quantitative estimate of drug-likeness (QED) is 0.510. The summed E-state index contributed by atoms with van der Waals surface area (Å²) in [5, 5.41) is 3.03. The lowest BCUT2D eigenvalue weighted by Gasteiger charge is -2.47. The van der Waals surface area contributed by atoms with Crippen LogP contribution in [0.3, 0.4) is 0 Å². The van der Waals surface area contributed by atoms with Crippen LogP contribution in [-0.2, 0) is 22.6 Å². The Bertz CT molecular complexity index is 1470. The largest absolute Gasteiger partial charge is 0.335 e. The summed E-state index contributed by atoms with van der Waals surface area (Å²) in [4.78, 5) is 56.6. The number of hydrogen-bond donors (Lipinski definition) is 1. The molecule has 4 heterocycles. The summed E-state index contributed by atoms with van der Waals surface area (Å²) in [7, 11) is 0. The average molecular weight is 531 g/mol. The molecule has 0 aliphatic carbocycles. The number of nitrogens with one attached hydrogen (secondary N) is 1. The van der Waals surface area contributed by atoms with Gasteiger partial charge in [0.1, 0.15) is 5.41 Å². The summed E-state index contributed by atoms with van der Waals surface area (Å²) < 4.78 is 1.86. The number of amides is 4. The number of carbonyl (C=O) groups is 3. The molecule has 3 aliphatic heterocycles. The highest BCUT2D eigenvalue weighted by Gasteiger charge is 2.55. The van der Waals surface area contributed by atoms with E-state index in [1.807, 2.05) is 22.8 Å². The Balaban J connectivity index is 1.38. The maximum absolute atomic E-state index is 14.2. The lowest BCUT2D eigenvalue weighted by Crippen LogP contribution is -2.68. The van der Waals surface area contributed by atoms with Crippen molar-refractivity contribution in [1.29, 1.82) is 0 Å². The van der Waals surface area contributed by atoms with Gasteiger partial charge >= 0.3 is 6.03 Å². The van der Waals surface area contributed by atoms with E-state index in [-0.39, 0.29) is 30.4 Å². The van der Waals surface area contributed by atoms with Gasteiger partial charge in [-0.25, -0.2) is 9.69 Å². The summed E-state index contributed by atoms with van der Waals surface area (Å²) >= 11 is 6.10. The predicted molar refractivity (Wildman–Crippen MR) is 143 cm³/mol. The Morgan fingerprint density at radius 2 is 1.63 bits per heavy atom. The Morgan fingerprint density at radius 3 is 2.39 bits per heavy atom. The zero-order valence-corrected chi connectivity index (χ0v) is 21.4. The zero-order valence-electron chi connectivity index (χ0n) is 20.7. The summed E-state index contributed by atoms with van der Waals surface area (Å²) in [5.74, 6) is -0.790. The van der Waals surface area contributed by atoms with Gasteiger partial charge in [0.2, 0.25) is 5.91 Å². The first-order valence-corrected chi connectivity index (χ1v) is 13.1. The van der Waals surface area contributed by atoms with Crippen LogP contribution >= 0.6 is 11.6 Å². The number of nitrogens with zero attached hydrogens (tertiary/aromatic N) is 3. The fourth-order valence-electron chi connectivity index (χ4n) is 6.30. The van der Waals surface area contributed by atoms with E-state index in [9.17, 15) is 19.2 Å². The minimum Gasteiger partial charge on any atom is -0.312 e. The molecular weight excluding hydrogens is 504 g/mol. The van der Waals surface area contributed by atoms with Gasteiger partial charge in [-0.15, -0.1) is 0 Å². The molecule has 3 aromatic rings. The van der Waals surface area contributed by atoms with Gasteiger partial charge in [0.15, 0.2) is 0 Å². The number of piperidine rings is 1. The monoisotopic (exact) mass is 530 g/mol. The van der Waals surface area contributed by atoms with Gasteiger partial charge in [0.25, 0.3) is 11.5 Å². The highest BCUT2D eigenvalue weighted by Crippen LogP contribution is 2.39. The van der Waals surface area contributed by atoms with Crippen molar-refractivity contribution >= 4 is 35.1 Å². The van der Waals surface area contributed by atoms with Crippen LogP contribution in [0.2, 0.25) is 5.02 Å². The van der Waals surface area contributed by atoms with Crippen molar-refractivity contribution < 1.29 is 14.4 Å². The molecule has 2 fully saturated rings. The van der Waals surface area contributed by atoms with Gasteiger partial charge in [-0.05, 0) is 54.7 Å². The predicted octanol–water partition coefficient (Wildman–Crippen LogP) is 3.43. The van der Waals surface area contributed by atoms with Crippen LogP contribution in [0.1, 0.15) is 23.6 Å². The van der Waals surface area contributed by atoms with Crippen molar-refractivity contribution in [3.8, 4) is 0 Å². The fraction of sp³-hybridized carbons (Fsp3) is 0.310. The Morgan fingerprint density at radius 1 is 0.868 bits per heavy atom. The number of hydrogen-bond acceptors (Lipinski definition) is 5. The number of halogens is 1. The molecule has 4 amide bonds. The lowest BCUT2D eigenvalue weighted by atomic mass is 9.75. The number of rotatable bonds is 5. The molecule has 0 saturated carbocycles. The summed E-state index contributed by atoms with van der Waals surface area (Å²) in [6.07, 6.45) is 1.08. The number of benzene rings is 2. The second kappa shape index (κ2) is 9.53. The number of barbiturate groups is 1. The van der Waals surface area contributed by atoms with E-state index in [4.69, 9.17) is 11.6 Å². The molecule has 0 spiro atoms. The highest BCUT2D eigenvalue weighted by molar-refractivity contribution is 6.31. The van der Waals surface area contributed by atoms with Crippen LogP contribution in [-0.4, -0.2) is 46.9 Å². The number of pyridine rings is 1. The fourth-order valence-corrected chi connectivity index (χ4v) is 6.42. The molecule has 2 saturated heterocycles. The normalized spacial score (nSPS) is 25.2. The molecule has 3 atom stereocenters. The highest BCUT2D eigenvalue weighted by atomic mass is 35.5. The third-order valence-corrected chi connectivity index (χ3v) is 8.21. The molecular formula is C29H27ClN4O4. The Hall–Kier alpha value is -3.75. The molecule has 8 nitrogen and oxygen atoms in total. The lowest BCUT2D eigenvalue weighted by molar-refractivity contribution is -0.144. The van der Waals surface area contributed by atoms with E-state index in [1.165, 1.54) is 0 Å². The van der Waals surface area contributed by atoms with Crippen LogP contribution in [0.25, 0.3) is 0 Å². The molecule has 38 heavy (non-hydrogen) atoms. The Kier molecular flexibility index (Phi) is 6.16. The molecule has 9 heteroatoms. The van der Waals surface area contributed by atoms with Gasteiger partial charge in [0.05, 0.1) is 5.69 Å². The van der Waals surface area contributed by atoms with Crippen LogP contribution in [0.15, 0.2) is 77.6 Å². The molecule has 3 aliphatic rings. The van der Waals surface area contributed by atoms with E-state index in [0.717, 1.165) is 22.6 Å². The smallest absolute Gasteiger partial charge is 0.312 e. The van der Waals surface area contributed by atoms with Crippen molar-refractivity contribution in [2.45, 2.75) is 25.3 Å². The van der Waals surface area contributed by atoms with E-state index in [0.29, 0.717) is 30.3 Å². The number of urea groups is 1. The second-order valence-corrected chi connectivity index (χ2v) is 10.9. The number of fused-ring (bicyclic) bond motifs is 4. The molecule has 1 N–H and O–H groups in total. The maximum Gasteiger partial charge on any atom is 0.335 e. The topological polar surface area (TPSA) is 91.7 Å². The van der Waals surface area contributed by atoms with Crippen molar-refractivity contribution in [2.75, 3.05) is 24.5 Å². The third-order valence-electron chi connectivity index (χ3n) is 7.95. The van der Waals surface area contributed by atoms with Gasteiger partial charge < -0.3 is 9.47 Å². The van der Waals surface area contributed by atoms with E-state index >= 15 is 0 Å². The van der Waals surface area contributed by atoms with E-state index in [1.54, 1.807) is 54.6 Å². The first-order valence-electron chi connectivity index (χ1n) is 12.8. The molecule has 6 rings (SSSR count). The van der Waals surface area contributed by atoms with Crippen molar-refractivity contribution in [2.24, 2.45) is 11.3 Å². The number of para-hydroxylation sites is 1. The van der Waals surface area contributed by atoms with Crippen LogP contribution < -0.4 is 15.8 Å². The number of likely N-dealkylation sites (tertiary alicyclic amines) is 1. The minimum atomic E-state index is -1.53. The van der Waals surface area contributed by atoms with E-state index < -0.39 is 23.3 Å². The van der Waals surface area contributed by atoms with Crippen LogP contribution in [0.4, 0.5) is 10.5 Å². The van der Waals surface area contributed by atoms with Crippen molar-refractivity contribution in [3.05, 3.63) is 99.4 Å². The number of carbonyl (C=O) groups excluding carboxylic acids is 3. The summed E-state index contributed by atoms with van der Waals surface area (Å²) in [5.41, 5.74) is 0.648. The van der Waals surface area contributed by atoms with Gasteiger partial charge in [-0.3, -0.25) is 19.7 Å². The second-order valence-electron chi connectivity index (χ2n) is 10.5. The van der Waals surface area contributed by atoms with Gasteiger partial charge in [-0.1, -0.05) is 48.0 Å². The third kappa shape index (κ3) is 4.23. The van der Waals surface area contributed by atoms with Crippen molar-refractivity contribution in [3.63, 3.8) is 0 Å². The summed E-state index contributed by atoms with van der Waals surface area (Å²) in [6.45, 7) is 2.03. The Labute approximate surface area is 224 Å². The average Bonchev–Trinajstić information content (AvgIpc) is 2.90. The maximum atomic E-state index is 14.2. The number of imide groups is 2. The molecule has 3 unspecified atom stereocenters.